The highest BCUT2D eigenvalue weighted by Gasteiger charge is 2.62. The molecule has 2 fully saturated rings. The van der Waals surface area contributed by atoms with Crippen molar-refractivity contribution in [2.75, 3.05) is 18.0 Å². The molecule has 1 saturated heterocycles. The van der Waals surface area contributed by atoms with Crippen LogP contribution >= 0.6 is 11.3 Å². The highest BCUT2D eigenvalue weighted by atomic mass is 32.1. The largest absolute Gasteiger partial charge is 0.347 e. The number of hydrogen-bond donors (Lipinski definition) is 0. The Morgan fingerprint density at radius 2 is 2.07 bits per heavy atom. The van der Waals surface area contributed by atoms with Gasteiger partial charge in [-0.3, -0.25) is 0 Å². The lowest BCUT2D eigenvalue weighted by Gasteiger charge is -2.20. The van der Waals surface area contributed by atoms with Crippen LogP contribution in [0.25, 0.3) is 0 Å². The molecule has 0 amide bonds. The van der Waals surface area contributed by atoms with Gasteiger partial charge in [-0.15, -0.1) is 11.3 Å². The van der Waals surface area contributed by atoms with Gasteiger partial charge in [-0.25, -0.2) is 4.98 Å². The Balaban J connectivity index is 1.75. The summed E-state index contributed by atoms with van der Waals surface area (Å²) in [6, 6.07) is 0. The zero-order valence-electron chi connectivity index (χ0n) is 8.95. The highest BCUT2D eigenvalue weighted by molar-refractivity contribution is 7.15. The number of hydrogen-bond acceptors (Lipinski definition) is 3. The van der Waals surface area contributed by atoms with Crippen LogP contribution in [0.4, 0.5) is 5.13 Å². The Labute approximate surface area is 89.0 Å². The monoisotopic (exact) mass is 208 g/mol. The fourth-order valence-electron chi connectivity index (χ4n) is 2.78. The van der Waals surface area contributed by atoms with E-state index in [1.165, 1.54) is 23.1 Å². The molecule has 76 valence electrons. The summed E-state index contributed by atoms with van der Waals surface area (Å²) in [5.41, 5.74) is 0.614. The van der Waals surface area contributed by atoms with E-state index in [1.54, 1.807) is 0 Å². The van der Waals surface area contributed by atoms with E-state index in [2.05, 4.69) is 30.7 Å². The summed E-state index contributed by atoms with van der Waals surface area (Å²) in [4.78, 5) is 8.22. The first-order chi connectivity index (χ1) is 6.59. The lowest BCUT2D eigenvalue weighted by molar-refractivity contribution is 0.499. The summed E-state index contributed by atoms with van der Waals surface area (Å²) in [5.74, 6) is 1.85. The second-order valence-corrected chi connectivity index (χ2v) is 6.41. The fraction of sp³-hybridized carbons (Fsp3) is 0.727. The fourth-order valence-corrected chi connectivity index (χ4v) is 3.55. The molecule has 2 atom stereocenters. The summed E-state index contributed by atoms with van der Waals surface area (Å²) in [5, 5.41) is 1.23. The van der Waals surface area contributed by atoms with Crippen LogP contribution in [0.1, 0.15) is 18.7 Å². The first-order valence-corrected chi connectivity index (χ1v) is 6.08. The quantitative estimate of drug-likeness (QED) is 0.705. The zero-order valence-corrected chi connectivity index (χ0v) is 9.77. The van der Waals surface area contributed by atoms with Gasteiger partial charge < -0.3 is 4.90 Å². The number of nitrogens with zero attached hydrogens (tertiary/aromatic N) is 2. The topological polar surface area (TPSA) is 16.1 Å². The van der Waals surface area contributed by atoms with Gasteiger partial charge >= 0.3 is 0 Å². The van der Waals surface area contributed by atoms with Crippen molar-refractivity contribution in [2.45, 2.75) is 20.8 Å². The molecule has 0 spiro atoms. The first kappa shape index (κ1) is 8.72. The molecule has 14 heavy (non-hydrogen) atoms. The van der Waals surface area contributed by atoms with Crippen LogP contribution in [-0.2, 0) is 0 Å². The van der Waals surface area contributed by atoms with Crippen LogP contribution in [0.5, 0.6) is 0 Å². The van der Waals surface area contributed by atoms with Gasteiger partial charge in [-0.1, -0.05) is 13.8 Å². The van der Waals surface area contributed by atoms with Crippen LogP contribution < -0.4 is 4.90 Å². The molecular weight excluding hydrogens is 192 g/mol. The van der Waals surface area contributed by atoms with Crippen LogP contribution in [-0.4, -0.2) is 18.1 Å². The maximum absolute atomic E-state index is 4.44. The van der Waals surface area contributed by atoms with Crippen molar-refractivity contribution >= 4 is 16.5 Å². The van der Waals surface area contributed by atoms with Gasteiger partial charge in [0.15, 0.2) is 5.13 Å². The van der Waals surface area contributed by atoms with Gasteiger partial charge in [-0.2, -0.15) is 0 Å². The van der Waals surface area contributed by atoms with E-state index in [9.17, 15) is 0 Å². The second-order valence-electron chi connectivity index (χ2n) is 5.19. The van der Waals surface area contributed by atoms with Gasteiger partial charge in [0.25, 0.3) is 0 Å². The third kappa shape index (κ3) is 1.05. The van der Waals surface area contributed by atoms with E-state index in [4.69, 9.17) is 0 Å². The van der Waals surface area contributed by atoms with E-state index < -0.39 is 0 Å². The second kappa shape index (κ2) is 2.51. The average Bonchev–Trinajstić information content (AvgIpc) is 2.62. The van der Waals surface area contributed by atoms with Crippen LogP contribution in [0.2, 0.25) is 0 Å². The predicted molar refractivity (Wildman–Crippen MR) is 59.8 cm³/mol. The molecule has 3 heteroatoms. The standard InChI is InChI=1S/C11H16N2S/c1-7-4-12-10(14-7)13-5-8-9(6-13)11(8,2)3/h4,8-9H,5-6H2,1-3H3. The molecule has 0 N–H and O–H groups in total. The Bertz CT molecular complexity index is 355. The molecule has 0 aromatic carbocycles. The highest BCUT2D eigenvalue weighted by Crippen LogP contribution is 2.62. The Morgan fingerprint density at radius 1 is 1.43 bits per heavy atom. The molecule has 1 saturated carbocycles. The molecule has 2 nitrogen and oxygen atoms in total. The summed E-state index contributed by atoms with van der Waals surface area (Å²) in [7, 11) is 0. The lowest BCUT2D eigenvalue weighted by atomic mass is 10.1. The SMILES string of the molecule is Cc1cnc(N2CC3C(C2)C3(C)C)s1. The molecule has 2 heterocycles. The van der Waals surface area contributed by atoms with Crippen LogP contribution in [0, 0.1) is 24.2 Å². The van der Waals surface area contributed by atoms with Crippen LogP contribution in [0.15, 0.2) is 6.20 Å². The zero-order chi connectivity index (χ0) is 9.92. The van der Waals surface area contributed by atoms with Crippen LogP contribution in [0.3, 0.4) is 0 Å². The Morgan fingerprint density at radius 3 is 2.57 bits per heavy atom. The van der Waals surface area contributed by atoms with E-state index in [1.807, 2.05) is 17.5 Å². The number of piperidine rings is 1. The minimum atomic E-state index is 0.614. The molecule has 1 aromatic rings. The molecule has 0 radical (unpaired) electrons. The van der Waals surface area contributed by atoms with Gasteiger partial charge in [-0.05, 0) is 24.2 Å². The Kier molecular flexibility index (Phi) is 1.56. The van der Waals surface area contributed by atoms with Crippen molar-refractivity contribution in [1.29, 1.82) is 0 Å². The number of thiazole rings is 1. The van der Waals surface area contributed by atoms with E-state index in [0.717, 1.165) is 11.8 Å². The van der Waals surface area contributed by atoms with Crippen molar-refractivity contribution in [3.05, 3.63) is 11.1 Å². The molecule has 2 aliphatic rings. The molecule has 0 bridgehead atoms. The van der Waals surface area contributed by atoms with E-state index in [-0.39, 0.29) is 0 Å². The van der Waals surface area contributed by atoms with Crippen molar-refractivity contribution in [3.63, 3.8) is 0 Å². The lowest BCUT2D eigenvalue weighted by Crippen LogP contribution is -2.25. The summed E-state index contributed by atoms with van der Waals surface area (Å²) in [6.07, 6.45) is 1.98. The minimum absolute atomic E-state index is 0.614. The van der Waals surface area contributed by atoms with Gasteiger partial charge in [0.2, 0.25) is 0 Å². The third-order valence-electron chi connectivity index (χ3n) is 4.00. The number of rotatable bonds is 1. The summed E-state index contributed by atoms with van der Waals surface area (Å²) < 4.78 is 0. The third-order valence-corrected chi connectivity index (χ3v) is 4.98. The average molecular weight is 208 g/mol. The van der Waals surface area contributed by atoms with Crippen molar-refractivity contribution in [1.82, 2.24) is 4.98 Å². The van der Waals surface area contributed by atoms with Crippen molar-refractivity contribution < 1.29 is 0 Å². The maximum atomic E-state index is 4.44. The van der Waals surface area contributed by atoms with Crippen molar-refractivity contribution in [3.8, 4) is 0 Å². The van der Waals surface area contributed by atoms with Crippen molar-refractivity contribution in [2.24, 2.45) is 17.3 Å². The first-order valence-electron chi connectivity index (χ1n) is 5.26. The smallest absolute Gasteiger partial charge is 0.185 e. The molecular formula is C11H16N2S. The normalized spacial score (nSPS) is 33.2. The minimum Gasteiger partial charge on any atom is -0.347 e. The van der Waals surface area contributed by atoms with Gasteiger partial charge in [0.05, 0.1) is 0 Å². The van der Waals surface area contributed by atoms with E-state index in [0.29, 0.717) is 5.41 Å². The number of anilines is 1. The molecule has 1 aliphatic heterocycles. The molecule has 3 rings (SSSR count). The van der Waals surface area contributed by atoms with E-state index >= 15 is 0 Å². The maximum Gasteiger partial charge on any atom is 0.185 e. The van der Waals surface area contributed by atoms with Gasteiger partial charge in [0.1, 0.15) is 0 Å². The molecule has 1 aromatic heterocycles. The summed E-state index contributed by atoms with van der Waals surface area (Å²) >= 11 is 1.82. The predicted octanol–water partition coefficient (Wildman–Crippen LogP) is 2.54. The van der Waals surface area contributed by atoms with Gasteiger partial charge in [0, 0.05) is 24.2 Å². The number of aromatic nitrogens is 1. The number of fused-ring (bicyclic) bond motifs is 1. The molecule has 1 aliphatic carbocycles. The summed E-state index contributed by atoms with van der Waals surface area (Å²) in [6.45, 7) is 9.37. The Hall–Kier alpha value is -0.570. The molecule has 2 unspecified atom stereocenters. The number of aryl methyl sites for hydroxylation is 1.